The highest BCUT2D eigenvalue weighted by molar-refractivity contribution is 9.10. The number of ether oxygens (including phenoxy) is 2. The van der Waals surface area contributed by atoms with E-state index in [4.69, 9.17) is 9.47 Å². The Bertz CT molecular complexity index is 646. The van der Waals surface area contributed by atoms with Crippen LogP contribution in [0.25, 0.3) is 0 Å². The van der Waals surface area contributed by atoms with Gasteiger partial charge in [0, 0.05) is 5.56 Å². The van der Waals surface area contributed by atoms with Gasteiger partial charge >= 0.3 is 0 Å². The number of rotatable bonds is 2. The van der Waals surface area contributed by atoms with Gasteiger partial charge in [-0.25, -0.2) is 4.39 Å². The van der Waals surface area contributed by atoms with E-state index in [1.807, 2.05) is 24.3 Å². The van der Waals surface area contributed by atoms with E-state index in [0.717, 1.165) is 11.3 Å². The molecule has 1 aliphatic rings. The fraction of sp³-hybridized carbons (Fsp3) is 0.200. The van der Waals surface area contributed by atoms with Crippen LogP contribution in [0.4, 0.5) is 4.39 Å². The highest BCUT2D eigenvalue weighted by Crippen LogP contribution is 2.39. The number of fused-ring (bicyclic) bond motifs is 1. The molecular weight excluding hydrogens is 391 g/mol. The van der Waals surface area contributed by atoms with Gasteiger partial charge in [0.2, 0.25) is 0 Å². The molecule has 1 heterocycles. The second-order valence-electron chi connectivity index (χ2n) is 4.41. The van der Waals surface area contributed by atoms with E-state index in [-0.39, 0.29) is 10.6 Å². The van der Waals surface area contributed by atoms with Crippen molar-refractivity contribution in [2.24, 2.45) is 0 Å². The molecule has 0 aliphatic carbocycles. The third-order valence-corrected chi connectivity index (χ3v) is 4.75. The maximum Gasteiger partial charge on any atom is 0.161 e. The summed E-state index contributed by atoms with van der Waals surface area (Å²) >= 11 is 6.76. The molecule has 0 bridgehead atoms. The van der Waals surface area contributed by atoms with Gasteiger partial charge in [-0.1, -0.05) is 34.1 Å². The summed E-state index contributed by atoms with van der Waals surface area (Å²) < 4.78 is 25.6. The molecule has 0 radical (unpaired) electrons. The van der Waals surface area contributed by atoms with Gasteiger partial charge in [0.25, 0.3) is 0 Å². The molecule has 0 N–H and O–H groups in total. The van der Waals surface area contributed by atoms with Gasteiger partial charge in [-0.2, -0.15) is 0 Å². The van der Waals surface area contributed by atoms with Crippen LogP contribution in [0.3, 0.4) is 0 Å². The van der Waals surface area contributed by atoms with Crippen LogP contribution in [-0.4, -0.2) is 13.2 Å². The standard InChI is InChI=1S/C15H11Br2FO2/c16-11-3-1-2-10(15(11)18)14(17)9-4-5-12-13(8-9)20-7-6-19-12/h1-5,8,14H,6-7H2. The van der Waals surface area contributed by atoms with Crippen LogP contribution in [0.2, 0.25) is 0 Å². The monoisotopic (exact) mass is 400 g/mol. The van der Waals surface area contributed by atoms with Crippen molar-refractivity contribution in [3.8, 4) is 11.5 Å². The van der Waals surface area contributed by atoms with Crippen LogP contribution < -0.4 is 9.47 Å². The minimum Gasteiger partial charge on any atom is -0.486 e. The Labute approximate surface area is 133 Å². The van der Waals surface area contributed by atoms with Crippen molar-refractivity contribution in [1.82, 2.24) is 0 Å². The van der Waals surface area contributed by atoms with Crippen molar-refractivity contribution in [3.63, 3.8) is 0 Å². The highest BCUT2D eigenvalue weighted by atomic mass is 79.9. The quantitative estimate of drug-likeness (QED) is 0.670. The van der Waals surface area contributed by atoms with Crippen molar-refractivity contribution >= 4 is 31.9 Å². The average Bonchev–Trinajstić information content (AvgIpc) is 2.49. The number of hydrogen-bond donors (Lipinski definition) is 0. The minimum atomic E-state index is -0.260. The molecule has 0 saturated carbocycles. The Morgan fingerprint density at radius 2 is 1.80 bits per heavy atom. The van der Waals surface area contributed by atoms with Gasteiger partial charge in [0.15, 0.2) is 11.5 Å². The Balaban J connectivity index is 1.98. The highest BCUT2D eigenvalue weighted by Gasteiger charge is 2.19. The number of alkyl halides is 1. The minimum absolute atomic E-state index is 0.240. The van der Waals surface area contributed by atoms with Crippen molar-refractivity contribution in [2.45, 2.75) is 4.83 Å². The Morgan fingerprint density at radius 3 is 2.60 bits per heavy atom. The third kappa shape index (κ3) is 2.56. The van der Waals surface area contributed by atoms with E-state index < -0.39 is 0 Å². The maximum absolute atomic E-state index is 14.1. The molecule has 1 aliphatic heterocycles. The normalized spacial score (nSPS) is 14.9. The molecule has 1 unspecified atom stereocenters. The van der Waals surface area contributed by atoms with Crippen LogP contribution in [0.5, 0.6) is 11.5 Å². The molecule has 20 heavy (non-hydrogen) atoms. The van der Waals surface area contributed by atoms with Gasteiger partial charge in [-0.15, -0.1) is 0 Å². The molecule has 0 spiro atoms. The summed E-state index contributed by atoms with van der Waals surface area (Å²) in [6.07, 6.45) is 0. The number of benzene rings is 2. The summed E-state index contributed by atoms with van der Waals surface area (Å²) in [6, 6.07) is 10.9. The summed E-state index contributed by atoms with van der Waals surface area (Å²) in [5, 5.41) is 0. The van der Waals surface area contributed by atoms with Gasteiger partial charge in [-0.3, -0.25) is 0 Å². The average molecular weight is 402 g/mol. The first-order valence-corrected chi connectivity index (χ1v) is 7.85. The SMILES string of the molecule is Fc1c(Br)cccc1C(Br)c1ccc2c(c1)OCCO2. The Hall–Kier alpha value is -1.07. The first kappa shape index (κ1) is 13.9. The zero-order chi connectivity index (χ0) is 14.1. The van der Waals surface area contributed by atoms with E-state index in [2.05, 4.69) is 31.9 Å². The zero-order valence-corrected chi connectivity index (χ0v) is 13.6. The molecule has 1 atom stereocenters. The van der Waals surface area contributed by atoms with E-state index in [0.29, 0.717) is 29.0 Å². The summed E-state index contributed by atoms with van der Waals surface area (Å²) in [7, 11) is 0. The largest absolute Gasteiger partial charge is 0.486 e. The zero-order valence-electron chi connectivity index (χ0n) is 10.4. The summed E-state index contributed by atoms with van der Waals surface area (Å²) in [5.41, 5.74) is 1.50. The maximum atomic E-state index is 14.1. The molecule has 3 rings (SSSR count). The summed E-state index contributed by atoms with van der Waals surface area (Å²) in [4.78, 5) is -0.240. The molecule has 2 aromatic carbocycles. The van der Waals surface area contributed by atoms with Gasteiger partial charge < -0.3 is 9.47 Å². The van der Waals surface area contributed by atoms with Crippen LogP contribution >= 0.6 is 31.9 Å². The Kier molecular flexibility index (Phi) is 3.98. The van der Waals surface area contributed by atoms with E-state index in [9.17, 15) is 4.39 Å². The van der Waals surface area contributed by atoms with E-state index >= 15 is 0 Å². The summed E-state index contributed by atoms with van der Waals surface area (Å²) in [5.74, 6) is 1.17. The number of hydrogen-bond acceptors (Lipinski definition) is 2. The molecule has 0 fully saturated rings. The van der Waals surface area contributed by atoms with Crippen molar-refractivity contribution < 1.29 is 13.9 Å². The molecule has 0 aromatic heterocycles. The smallest absolute Gasteiger partial charge is 0.161 e. The lowest BCUT2D eigenvalue weighted by atomic mass is 10.0. The third-order valence-electron chi connectivity index (χ3n) is 3.11. The molecule has 0 amide bonds. The first-order valence-electron chi connectivity index (χ1n) is 6.14. The lowest BCUT2D eigenvalue weighted by Crippen LogP contribution is -2.15. The molecule has 2 aromatic rings. The van der Waals surface area contributed by atoms with Gasteiger partial charge in [0.05, 0.1) is 9.30 Å². The fourth-order valence-corrected chi connectivity index (χ4v) is 3.13. The predicted molar refractivity (Wildman–Crippen MR) is 82.3 cm³/mol. The molecular formula is C15H11Br2FO2. The molecule has 0 saturated heterocycles. The van der Waals surface area contributed by atoms with Crippen molar-refractivity contribution in [1.29, 1.82) is 0 Å². The van der Waals surface area contributed by atoms with Gasteiger partial charge in [-0.05, 0) is 39.7 Å². The molecule has 104 valence electrons. The Morgan fingerprint density at radius 1 is 1.05 bits per heavy atom. The van der Waals surface area contributed by atoms with Crippen LogP contribution in [0, 0.1) is 5.82 Å². The van der Waals surface area contributed by atoms with Gasteiger partial charge in [0.1, 0.15) is 19.0 Å². The summed E-state index contributed by atoms with van der Waals surface area (Å²) in [6.45, 7) is 1.10. The number of halogens is 3. The predicted octanol–water partition coefficient (Wildman–Crippen LogP) is 4.84. The second kappa shape index (κ2) is 5.74. The van der Waals surface area contributed by atoms with Crippen LogP contribution in [0.1, 0.15) is 16.0 Å². The van der Waals surface area contributed by atoms with E-state index in [1.165, 1.54) is 0 Å². The molecule has 2 nitrogen and oxygen atoms in total. The topological polar surface area (TPSA) is 18.5 Å². The van der Waals surface area contributed by atoms with Crippen molar-refractivity contribution in [2.75, 3.05) is 13.2 Å². The second-order valence-corrected chi connectivity index (χ2v) is 6.18. The van der Waals surface area contributed by atoms with Crippen molar-refractivity contribution in [3.05, 3.63) is 57.8 Å². The first-order chi connectivity index (χ1) is 9.66. The molecule has 5 heteroatoms. The fourth-order valence-electron chi connectivity index (χ4n) is 2.11. The van der Waals surface area contributed by atoms with Crippen LogP contribution in [-0.2, 0) is 0 Å². The van der Waals surface area contributed by atoms with E-state index in [1.54, 1.807) is 12.1 Å². The lowest BCUT2D eigenvalue weighted by molar-refractivity contribution is 0.171. The van der Waals surface area contributed by atoms with Crippen LogP contribution in [0.15, 0.2) is 40.9 Å². The lowest BCUT2D eigenvalue weighted by Gasteiger charge is -2.20.